The number of benzene rings is 2. The van der Waals surface area contributed by atoms with Gasteiger partial charge in [-0.25, -0.2) is 4.98 Å². The number of aromatic amines is 1. The van der Waals surface area contributed by atoms with Crippen LogP contribution in [0.2, 0.25) is 0 Å². The van der Waals surface area contributed by atoms with Gasteiger partial charge in [0.2, 0.25) is 5.95 Å². The molecule has 0 saturated heterocycles. The third-order valence-corrected chi connectivity index (χ3v) is 5.64. The first-order valence-corrected chi connectivity index (χ1v) is 10.2. The Bertz CT molecular complexity index is 1300. The molecule has 0 unspecified atom stereocenters. The number of H-pyrrole nitrogens is 1. The number of nitriles is 1. The fourth-order valence-corrected chi connectivity index (χ4v) is 4.16. The third kappa shape index (κ3) is 3.78. The lowest BCUT2D eigenvalue weighted by Crippen LogP contribution is -2.12. The van der Waals surface area contributed by atoms with E-state index in [4.69, 9.17) is 5.73 Å². The molecule has 2 heterocycles. The molecular weight excluding hydrogens is 400 g/mol. The highest BCUT2D eigenvalue weighted by Gasteiger charge is 2.16. The van der Waals surface area contributed by atoms with Gasteiger partial charge in [-0.1, -0.05) is 54.2 Å². The molecule has 8 nitrogen and oxygen atoms in total. The van der Waals surface area contributed by atoms with Crippen molar-refractivity contribution in [1.82, 2.24) is 19.5 Å². The lowest BCUT2D eigenvalue weighted by Gasteiger charge is -2.08. The molecule has 4 rings (SSSR count). The molecular formula is C21H18N6O2S. The standard InChI is InChI=1S/C21H18N6O2S/c22-11-15-3-1-2-4-16(15)14-7-5-13(6-8-14)12-30-21-24-17-18(27(21)9-10-28)25-20(23)26-19(17)29/h1-8,28H,9-10,12H2,(H3,23,25,26,29). The van der Waals surface area contributed by atoms with Gasteiger partial charge in [-0.3, -0.25) is 9.78 Å². The maximum Gasteiger partial charge on any atom is 0.280 e. The minimum atomic E-state index is -0.406. The van der Waals surface area contributed by atoms with Gasteiger partial charge in [0.1, 0.15) is 0 Å². The summed E-state index contributed by atoms with van der Waals surface area (Å²) in [5.41, 5.74) is 9.36. The number of hydrogen-bond donors (Lipinski definition) is 3. The molecule has 0 atom stereocenters. The number of aromatic nitrogens is 4. The largest absolute Gasteiger partial charge is 0.395 e. The number of fused-ring (bicyclic) bond motifs is 1. The summed E-state index contributed by atoms with van der Waals surface area (Å²) >= 11 is 1.44. The Morgan fingerprint density at radius 1 is 1.17 bits per heavy atom. The molecule has 4 N–H and O–H groups in total. The number of anilines is 1. The number of thioether (sulfide) groups is 1. The van der Waals surface area contributed by atoms with E-state index in [-0.39, 0.29) is 24.6 Å². The maximum atomic E-state index is 12.1. The van der Waals surface area contributed by atoms with Crippen LogP contribution in [0, 0.1) is 11.3 Å². The summed E-state index contributed by atoms with van der Waals surface area (Å²) in [6.45, 7) is 0.152. The molecule has 2 aromatic heterocycles. The first-order valence-electron chi connectivity index (χ1n) is 9.19. The maximum absolute atomic E-state index is 12.1. The van der Waals surface area contributed by atoms with Crippen LogP contribution >= 0.6 is 11.8 Å². The van der Waals surface area contributed by atoms with Crippen molar-refractivity contribution in [3.8, 4) is 17.2 Å². The minimum Gasteiger partial charge on any atom is -0.395 e. The predicted octanol–water partition coefficient (Wildman–Crippen LogP) is 2.53. The van der Waals surface area contributed by atoms with Gasteiger partial charge in [0, 0.05) is 12.3 Å². The fraction of sp³-hybridized carbons (Fsp3) is 0.143. The van der Waals surface area contributed by atoms with Crippen LogP contribution in [0.25, 0.3) is 22.3 Å². The second-order valence-corrected chi connectivity index (χ2v) is 7.48. The minimum absolute atomic E-state index is 0.0105. The highest BCUT2D eigenvalue weighted by atomic mass is 32.2. The molecule has 9 heteroatoms. The summed E-state index contributed by atoms with van der Waals surface area (Å²) in [5.74, 6) is 0.624. The second kappa shape index (κ2) is 8.41. The van der Waals surface area contributed by atoms with Crippen LogP contribution in [0.5, 0.6) is 0 Å². The van der Waals surface area contributed by atoms with Crippen LogP contribution in [0.1, 0.15) is 11.1 Å². The first kappa shape index (κ1) is 19.7. The van der Waals surface area contributed by atoms with E-state index in [1.807, 2.05) is 42.5 Å². The lowest BCUT2D eigenvalue weighted by atomic mass is 10.00. The van der Waals surface area contributed by atoms with E-state index in [9.17, 15) is 15.2 Å². The first-order chi connectivity index (χ1) is 14.6. The SMILES string of the molecule is N#Cc1ccccc1-c1ccc(CSc2nc3c(=O)[nH]c(N)nc3n2CCO)cc1. The number of nitrogens with two attached hydrogens (primary N) is 1. The second-order valence-electron chi connectivity index (χ2n) is 6.54. The molecule has 0 aliphatic carbocycles. The normalized spacial score (nSPS) is 10.9. The summed E-state index contributed by atoms with van der Waals surface area (Å²) in [4.78, 5) is 23.1. The van der Waals surface area contributed by atoms with Gasteiger partial charge >= 0.3 is 0 Å². The Morgan fingerprint density at radius 3 is 2.67 bits per heavy atom. The van der Waals surface area contributed by atoms with Crippen LogP contribution < -0.4 is 11.3 Å². The summed E-state index contributed by atoms with van der Waals surface area (Å²) < 4.78 is 1.70. The Kier molecular flexibility index (Phi) is 5.52. The van der Waals surface area contributed by atoms with E-state index in [0.717, 1.165) is 16.7 Å². The number of nitrogen functional groups attached to an aromatic ring is 1. The van der Waals surface area contributed by atoms with E-state index in [1.54, 1.807) is 10.6 Å². The number of aliphatic hydroxyl groups is 1. The zero-order valence-electron chi connectivity index (χ0n) is 15.9. The molecule has 2 aromatic carbocycles. The van der Waals surface area contributed by atoms with Gasteiger partial charge in [0.25, 0.3) is 5.56 Å². The van der Waals surface area contributed by atoms with Crippen molar-refractivity contribution in [1.29, 1.82) is 5.26 Å². The highest BCUT2D eigenvalue weighted by molar-refractivity contribution is 7.98. The van der Waals surface area contributed by atoms with Crippen molar-refractivity contribution in [3.63, 3.8) is 0 Å². The van der Waals surface area contributed by atoms with Crippen molar-refractivity contribution in [2.75, 3.05) is 12.3 Å². The third-order valence-electron chi connectivity index (χ3n) is 4.59. The molecule has 0 fully saturated rings. The molecule has 150 valence electrons. The van der Waals surface area contributed by atoms with E-state index >= 15 is 0 Å². The predicted molar refractivity (Wildman–Crippen MR) is 116 cm³/mol. The van der Waals surface area contributed by atoms with Gasteiger partial charge in [0.05, 0.1) is 18.2 Å². The number of nitrogens with zero attached hydrogens (tertiary/aromatic N) is 4. The lowest BCUT2D eigenvalue weighted by molar-refractivity contribution is 0.273. The number of imidazole rings is 1. The Morgan fingerprint density at radius 2 is 1.93 bits per heavy atom. The van der Waals surface area contributed by atoms with Crippen molar-refractivity contribution in [3.05, 3.63) is 70.0 Å². The van der Waals surface area contributed by atoms with Crippen LogP contribution in [0.15, 0.2) is 58.5 Å². The number of nitrogens with one attached hydrogen (secondary N) is 1. The monoisotopic (exact) mass is 418 g/mol. The van der Waals surface area contributed by atoms with Crippen LogP contribution in [-0.2, 0) is 12.3 Å². The molecule has 30 heavy (non-hydrogen) atoms. The number of aliphatic hydroxyl groups excluding tert-OH is 1. The highest BCUT2D eigenvalue weighted by Crippen LogP contribution is 2.27. The average Bonchev–Trinajstić information content (AvgIpc) is 3.10. The molecule has 0 spiro atoms. The van der Waals surface area contributed by atoms with E-state index < -0.39 is 5.56 Å². The zero-order chi connectivity index (χ0) is 21.1. The molecule has 0 saturated carbocycles. The van der Waals surface area contributed by atoms with E-state index in [0.29, 0.717) is 22.1 Å². The zero-order valence-corrected chi connectivity index (χ0v) is 16.7. The Balaban J connectivity index is 1.59. The van der Waals surface area contributed by atoms with Crippen molar-refractivity contribution >= 4 is 28.9 Å². The summed E-state index contributed by atoms with van der Waals surface area (Å²) in [6, 6.07) is 17.7. The smallest absolute Gasteiger partial charge is 0.280 e. The molecule has 4 aromatic rings. The van der Waals surface area contributed by atoms with Crippen molar-refractivity contribution < 1.29 is 5.11 Å². The summed E-state index contributed by atoms with van der Waals surface area (Å²) in [7, 11) is 0. The van der Waals surface area contributed by atoms with Crippen molar-refractivity contribution in [2.24, 2.45) is 0 Å². The van der Waals surface area contributed by atoms with Gasteiger partial charge in [-0.2, -0.15) is 10.2 Å². The van der Waals surface area contributed by atoms with Crippen LogP contribution in [-0.4, -0.2) is 31.2 Å². The van der Waals surface area contributed by atoms with Crippen molar-refractivity contribution in [2.45, 2.75) is 17.5 Å². The summed E-state index contributed by atoms with van der Waals surface area (Å²) in [6.07, 6.45) is 0. The quantitative estimate of drug-likeness (QED) is 0.410. The van der Waals surface area contributed by atoms with Crippen LogP contribution in [0.3, 0.4) is 0 Å². The van der Waals surface area contributed by atoms with E-state index in [1.165, 1.54) is 11.8 Å². The van der Waals surface area contributed by atoms with Gasteiger partial charge < -0.3 is 15.4 Å². The molecule has 0 bridgehead atoms. The van der Waals surface area contributed by atoms with Gasteiger partial charge in [-0.05, 0) is 22.8 Å². The Hall–Kier alpha value is -3.61. The van der Waals surface area contributed by atoms with Crippen LogP contribution in [0.4, 0.5) is 5.95 Å². The molecule has 0 aliphatic rings. The number of hydrogen-bond acceptors (Lipinski definition) is 7. The molecule has 0 radical (unpaired) electrons. The average molecular weight is 418 g/mol. The Labute approximate surface area is 176 Å². The summed E-state index contributed by atoms with van der Waals surface area (Å²) in [5, 5.41) is 19.3. The van der Waals surface area contributed by atoms with Gasteiger partial charge in [-0.15, -0.1) is 0 Å². The number of rotatable bonds is 6. The molecule has 0 amide bonds. The molecule has 0 aliphatic heterocycles. The van der Waals surface area contributed by atoms with Gasteiger partial charge in [0.15, 0.2) is 16.3 Å². The van der Waals surface area contributed by atoms with E-state index in [2.05, 4.69) is 21.0 Å². The fourth-order valence-electron chi connectivity index (χ4n) is 3.18. The topological polar surface area (TPSA) is 134 Å².